The Morgan fingerprint density at radius 2 is 2.21 bits per heavy atom. The average Bonchev–Trinajstić information content (AvgIpc) is 2.90. The Morgan fingerprint density at radius 1 is 1.37 bits per heavy atom. The molecule has 0 amide bonds. The topological polar surface area (TPSA) is 44.5 Å². The Hall–Kier alpha value is -2.37. The van der Waals surface area contributed by atoms with E-state index in [2.05, 4.69) is 16.3 Å². The van der Waals surface area contributed by atoms with E-state index in [-0.39, 0.29) is 18.1 Å². The van der Waals surface area contributed by atoms with Gasteiger partial charge < -0.3 is 13.9 Å². The van der Waals surface area contributed by atoms with Crippen LogP contribution in [0.2, 0.25) is 0 Å². The molecule has 100 valence electrons. The number of oxazole rings is 1. The zero-order valence-electron chi connectivity index (χ0n) is 9.88. The Labute approximate surface area is 108 Å². The average molecular weight is 267 g/mol. The molecule has 0 aliphatic carbocycles. The van der Waals surface area contributed by atoms with Gasteiger partial charge in [-0.05, 0) is 18.2 Å². The first-order valence-electron chi connectivity index (χ1n) is 5.43. The lowest BCUT2D eigenvalue weighted by atomic mass is 10.2. The fourth-order valence-corrected chi connectivity index (χ4v) is 1.46. The minimum absolute atomic E-state index is 0.0763. The summed E-state index contributed by atoms with van der Waals surface area (Å²) in [6.07, 6.45) is 4.37. The molecule has 0 radical (unpaired) electrons. The minimum Gasteiger partial charge on any atom is -0.486 e. The van der Waals surface area contributed by atoms with Crippen LogP contribution in [0.1, 0.15) is 0 Å². The van der Waals surface area contributed by atoms with Crippen molar-refractivity contribution in [3.8, 4) is 23.0 Å². The first kappa shape index (κ1) is 13.1. The molecule has 4 nitrogen and oxygen atoms in total. The van der Waals surface area contributed by atoms with Gasteiger partial charge in [0.05, 0.1) is 6.20 Å². The molecule has 0 spiro atoms. The molecule has 0 unspecified atom stereocenters. The van der Waals surface area contributed by atoms with Crippen molar-refractivity contribution in [2.24, 2.45) is 0 Å². The third-order valence-corrected chi connectivity index (χ3v) is 2.20. The van der Waals surface area contributed by atoms with Gasteiger partial charge in [0.1, 0.15) is 12.9 Å². The van der Waals surface area contributed by atoms with E-state index < -0.39 is 6.61 Å². The van der Waals surface area contributed by atoms with Crippen LogP contribution in [0.15, 0.2) is 47.7 Å². The Balaban J connectivity index is 2.32. The molecule has 1 aromatic carbocycles. The smallest absolute Gasteiger partial charge is 0.387 e. The number of ether oxygens (including phenoxy) is 2. The predicted octanol–water partition coefficient (Wildman–Crippen LogP) is 3.51. The van der Waals surface area contributed by atoms with Crippen molar-refractivity contribution in [3.63, 3.8) is 0 Å². The number of hydrogen-bond acceptors (Lipinski definition) is 4. The number of benzene rings is 1. The fraction of sp³-hybridized carbons (Fsp3) is 0.154. The third-order valence-electron chi connectivity index (χ3n) is 2.20. The third kappa shape index (κ3) is 3.31. The highest BCUT2D eigenvalue weighted by atomic mass is 19.3. The molecule has 0 aliphatic heterocycles. The van der Waals surface area contributed by atoms with E-state index in [1.807, 2.05) is 0 Å². The Bertz CT molecular complexity index is 541. The lowest BCUT2D eigenvalue weighted by molar-refractivity contribution is -0.0513. The highest BCUT2D eigenvalue weighted by Crippen LogP contribution is 2.33. The van der Waals surface area contributed by atoms with E-state index in [1.165, 1.54) is 30.7 Å². The second kappa shape index (κ2) is 5.99. The molecular formula is C13H11F2NO3. The quantitative estimate of drug-likeness (QED) is 0.751. The summed E-state index contributed by atoms with van der Waals surface area (Å²) in [7, 11) is 0. The maximum absolute atomic E-state index is 12.4. The lowest BCUT2D eigenvalue weighted by Crippen LogP contribution is -2.05. The van der Waals surface area contributed by atoms with E-state index in [0.29, 0.717) is 11.5 Å². The molecule has 0 saturated heterocycles. The molecule has 0 aliphatic rings. The van der Waals surface area contributed by atoms with Crippen LogP contribution in [0, 0.1) is 0 Å². The van der Waals surface area contributed by atoms with Crippen LogP contribution in [0.25, 0.3) is 11.5 Å². The van der Waals surface area contributed by atoms with Crippen LogP contribution in [0.3, 0.4) is 0 Å². The SMILES string of the molecule is C=CCOc1ccc(-c2ncco2)cc1OC(F)F. The number of rotatable bonds is 6. The highest BCUT2D eigenvalue weighted by molar-refractivity contribution is 5.59. The molecule has 6 heteroatoms. The summed E-state index contributed by atoms with van der Waals surface area (Å²) in [5, 5.41) is 0. The zero-order valence-corrected chi connectivity index (χ0v) is 9.88. The summed E-state index contributed by atoms with van der Waals surface area (Å²) < 4.78 is 39.5. The molecule has 0 atom stereocenters. The largest absolute Gasteiger partial charge is 0.486 e. The molecule has 0 bridgehead atoms. The predicted molar refractivity (Wildman–Crippen MR) is 64.3 cm³/mol. The van der Waals surface area contributed by atoms with Gasteiger partial charge in [0, 0.05) is 5.56 Å². The number of nitrogens with zero attached hydrogens (tertiary/aromatic N) is 1. The molecule has 2 rings (SSSR count). The van der Waals surface area contributed by atoms with Crippen molar-refractivity contribution in [1.82, 2.24) is 4.98 Å². The number of hydrogen-bond donors (Lipinski definition) is 0. The van der Waals surface area contributed by atoms with Crippen LogP contribution in [0.5, 0.6) is 11.5 Å². The lowest BCUT2D eigenvalue weighted by Gasteiger charge is -2.11. The fourth-order valence-electron chi connectivity index (χ4n) is 1.46. The minimum atomic E-state index is -2.94. The summed E-state index contributed by atoms with van der Waals surface area (Å²) in [4.78, 5) is 3.93. The molecule has 2 aromatic rings. The summed E-state index contributed by atoms with van der Waals surface area (Å²) in [5.41, 5.74) is 0.520. The first-order valence-corrected chi connectivity index (χ1v) is 5.43. The van der Waals surface area contributed by atoms with Gasteiger partial charge in [-0.25, -0.2) is 4.98 Å². The molecule has 1 aromatic heterocycles. The van der Waals surface area contributed by atoms with Crippen LogP contribution in [-0.4, -0.2) is 18.2 Å². The van der Waals surface area contributed by atoms with Gasteiger partial charge in [-0.15, -0.1) is 0 Å². The highest BCUT2D eigenvalue weighted by Gasteiger charge is 2.13. The second-order valence-corrected chi connectivity index (χ2v) is 3.48. The normalized spacial score (nSPS) is 10.5. The van der Waals surface area contributed by atoms with Gasteiger partial charge in [-0.1, -0.05) is 12.7 Å². The van der Waals surface area contributed by atoms with Crippen molar-refractivity contribution in [2.45, 2.75) is 6.61 Å². The van der Waals surface area contributed by atoms with E-state index in [0.717, 1.165) is 0 Å². The van der Waals surface area contributed by atoms with Crippen molar-refractivity contribution in [3.05, 3.63) is 43.3 Å². The van der Waals surface area contributed by atoms with Crippen LogP contribution >= 0.6 is 0 Å². The standard InChI is InChI=1S/C13H11F2NO3/c1-2-6-17-10-4-3-9(12-16-5-7-18-12)8-11(10)19-13(14)15/h2-5,7-8,13H,1,6H2. The molecule has 0 fully saturated rings. The van der Waals surface area contributed by atoms with Crippen LogP contribution < -0.4 is 9.47 Å². The van der Waals surface area contributed by atoms with Crippen molar-refractivity contribution in [1.29, 1.82) is 0 Å². The zero-order chi connectivity index (χ0) is 13.7. The van der Waals surface area contributed by atoms with Crippen molar-refractivity contribution in [2.75, 3.05) is 6.61 Å². The maximum atomic E-state index is 12.4. The van der Waals surface area contributed by atoms with E-state index >= 15 is 0 Å². The van der Waals surface area contributed by atoms with Crippen LogP contribution in [0.4, 0.5) is 8.78 Å². The van der Waals surface area contributed by atoms with E-state index in [4.69, 9.17) is 9.15 Å². The molecular weight excluding hydrogens is 256 g/mol. The summed E-state index contributed by atoms with van der Waals surface area (Å²) in [6.45, 7) is 0.739. The molecule has 0 saturated carbocycles. The van der Waals surface area contributed by atoms with Gasteiger partial charge in [-0.2, -0.15) is 8.78 Å². The molecule has 0 N–H and O–H groups in total. The van der Waals surface area contributed by atoms with Gasteiger partial charge in [-0.3, -0.25) is 0 Å². The molecule has 19 heavy (non-hydrogen) atoms. The van der Waals surface area contributed by atoms with Crippen LogP contribution in [-0.2, 0) is 0 Å². The maximum Gasteiger partial charge on any atom is 0.387 e. The van der Waals surface area contributed by atoms with E-state index in [9.17, 15) is 8.78 Å². The first-order chi connectivity index (χ1) is 9.20. The van der Waals surface area contributed by atoms with Crippen molar-refractivity contribution < 1.29 is 22.7 Å². The summed E-state index contributed by atoms with van der Waals surface area (Å²) >= 11 is 0. The number of alkyl halides is 2. The van der Waals surface area contributed by atoms with Gasteiger partial charge in [0.15, 0.2) is 11.5 Å². The number of halogens is 2. The van der Waals surface area contributed by atoms with Crippen molar-refractivity contribution >= 4 is 0 Å². The van der Waals surface area contributed by atoms with Gasteiger partial charge >= 0.3 is 6.61 Å². The van der Waals surface area contributed by atoms with Gasteiger partial charge in [0.2, 0.25) is 5.89 Å². The second-order valence-electron chi connectivity index (χ2n) is 3.48. The van der Waals surface area contributed by atoms with Gasteiger partial charge in [0.25, 0.3) is 0 Å². The van der Waals surface area contributed by atoms with E-state index in [1.54, 1.807) is 6.07 Å². The Morgan fingerprint density at radius 3 is 2.84 bits per heavy atom. The monoisotopic (exact) mass is 267 g/mol. The summed E-state index contributed by atoms with van der Waals surface area (Å²) in [6, 6.07) is 4.54. The number of aromatic nitrogens is 1. The Kier molecular flexibility index (Phi) is 4.12. The summed E-state index contributed by atoms with van der Waals surface area (Å²) in [5.74, 6) is 0.442. The molecule has 1 heterocycles.